The summed E-state index contributed by atoms with van der Waals surface area (Å²) in [4.78, 5) is -0.792. The Kier molecular flexibility index (Phi) is 1.43. The molecule has 0 spiro atoms. The lowest BCUT2D eigenvalue weighted by Gasteiger charge is -2.10. The molecule has 1 heterocycles. The van der Waals surface area contributed by atoms with Crippen molar-refractivity contribution in [3.63, 3.8) is 0 Å². The third-order valence-corrected chi connectivity index (χ3v) is 2.08. The van der Waals surface area contributed by atoms with E-state index in [2.05, 4.69) is 5.32 Å². The van der Waals surface area contributed by atoms with Crippen LogP contribution in [-0.4, -0.2) is 17.3 Å². The molecule has 0 saturated carbocycles. The maximum Gasteiger partial charge on any atom is 0.204 e. The molecule has 1 aliphatic rings. The largest absolute Gasteiger partial charge is 0.292 e. The Morgan fingerprint density at radius 3 is 2.88 bits per heavy atom. The number of nitriles is 1. The first-order chi connectivity index (χ1) is 3.77. The molecule has 8 heavy (non-hydrogen) atoms. The van der Waals surface area contributed by atoms with Gasteiger partial charge < -0.3 is 0 Å². The van der Waals surface area contributed by atoms with Crippen LogP contribution in [0, 0.1) is 11.3 Å². The van der Waals surface area contributed by atoms with Gasteiger partial charge in [0.05, 0.1) is 0 Å². The average Bonchev–Trinajstić information content (AvgIpc) is 2.17. The monoisotopic (exact) mass is 129 g/mol. The topological polar surface area (TPSA) is 61.8 Å². The number of hydrogen-bond donors (Lipinski definition) is 2. The summed E-state index contributed by atoms with van der Waals surface area (Å²) in [6, 6.07) is 1.97. The molecular weight excluding hydrogens is 122 g/mol. The molecule has 0 bridgehead atoms. The maximum absolute atomic E-state index is 8.37. The van der Waals surface area contributed by atoms with Gasteiger partial charge in [-0.25, -0.2) is 0 Å². The van der Waals surface area contributed by atoms with E-state index in [1.54, 1.807) is 0 Å². The minimum atomic E-state index is -0.792. The van der Waals surface area contributed by atoms with Gasteiger partial charge in [-0.2, -0.15) is 5.26 Å². The number of nitrogens with two attached hydrogens (primary N) is 1. The van der Waals surface area contributed by atoms with Crippen molar-refractivity contribution in [3.05, 3.63) is 0 Å². The van der Waals surface area contributed by atoms with Gasteiger partial charge in [0.2, 0.25) is 4.99 Å². The Bertz CT molecular complexity index is 122. The number of hydrogen-bond acceptors (Lipinski definition) is 4. The van der Waals surface area contributed by atoms with Crippen LogP contribution in [0.5, 0.6) is 0 Å². The lowest BCUT2D eigenvalue weighted by Crippen LogP contribution is -2.44. The van der Waals surface area contributed by atoms with Crippen molar-refractivity contribution in [2.75, 3.05) is 12.3 Å². The predicted octanol–water partition coefficient (Wildman–Crippen LogP) is -0.541. The molecule has 0 aromatic carbocycles. The average molecular weight is 129 g/mol. The smallest absolute Gasteiger partial charge is 0.204 e. The maximum atomic E-state index is 8.37. The lowest BCUT2D eigenvalue weighted by molar-refractivity contribution is 0.633. The van der Waals surface area contributed by atoms with Crippen molar-refractivity contribution < 1.29 is 0 Å². The van der Waals surface area contributed by atoms with Crippen molar-refractivity contribution >= 4 is 11.8 Å². The van der Waals surface area contributed by atoms with Crippen LogP contribution >= 0.6 is 11.8 Å². The van der Waals surface area contributed by atoms with Gasteiger partial charge in [-0.15, -0.1) is 11.8 Å². The second-order valence-corrected chi connectivity index (χ2v) is 2.96. The van der Waals surface area contributed by atoms with Gasteiger partial charge in [0.25, 0.3) is 0 Å². The van der Waals surface area contributed by atoms with Gasteiger partial charge >= 0.3 is 0 Å². The van der Waals surface area contributed by atoms with E-state index in [0.29, 0.717) is 0 Å². The van der Waals surface area contributed by atoms with Crippen LogP contribution in [0.1, 0.15) is 0 Å². The van der Waals surface area contributed by atoms with Crippen LogP contribution in [0.4, 0.5) is 0 Å². The lowest BCUT2D eigenvalue weighted by atomic mass is 10.5. The van der Waals surface area contributed by atoms with E-state index < -0.39 is 4.99 Å². The molecule has 1 fully saturated rings. The first-order valence-electron chi connectivity index (χ1n) is 2.36. The number of thioether (sulfide) groups is 1. The van der Waals surface area contributed by atoms with Crippen LogP contribution in [0.3, 0.4) is 0 Å². The number of nitrogens with zero attached hydrogens (tertiary/aromatic N) is 1. The Morgan fingerprint density at radius 2 is 2.62 bits per heavy atom. The summed E-state index contributed by atoms with van der Waals surface area (Å²) < 4.78 is 0. The molecule has 0 amide bonds. The van der Waals surface area contributed by atoms with E-state index in [-0.39, 0.29) is 0 Å². The molecule has 3 nitrogen and oxygen atoms in total. The van der Waals surface area contributed by atoms with Gasteiger partial charge in [0.1, 0.15) is 6.07 Å². The molecule has 3 N–H and O–H groups in total. The fraction of sp³-hybridized carbons (Fsp3) is 0.750. The van der Waals surface area contributed by atoms with Gasteiger partial charge in [0, 0.05) is 12.3 Å². The molecule has 0 aromatic heterocycles. The minimum absolute atomic E-state index is 0.792. The first-order valence-corrected chi connectivity index (χ1v) is 3.34. The van der Waals surface area contributed by atoms with Crippen molar-refractivity contribution in [3.8, 4) is 6.07 Å². The molecule has 1 unspecified atom stereocenters. The minimum Gasteiger partial charge on any atom is -0.292 e. The highest BCUT2D eigenvalue weighted by Crippen LogP contribution is 2.19. The third kappa shape index (κ3) is 0.944. The van der Waals surface area contributed by atoms with Gasteiger partial charge in [0.15, 0.2) is 0 Å². The zero-order valence-electron chi connectivity index (χ0n) is 4.35. The zero-order valence-corrected chi connectivity index (χ0v) is 5.16. The highest BCUT2D eigenvalue weighted by atomic mass is 32.2. The predicted molar refractivity (Wildman–Crippen MR) is 33.0 cm³/mol. The van der Waals surface area contributed by atoms with Gasteiger partial charge in [-0.1, -0.05) is 0 Å². The third-order valence-electron chi connectivity index (χ3n) is 0.986. The standard InChI is InChI=1S/C4H7N3S/c5-3-4(6)7-1-2-8-4/h7H,1-2,6H2. The van der Waals surface area contributed by atoms with Gasteiger partial charge in [-0.05, 0) is 0 Å². The molecule has 0 aliphatic carbocycles. The summed E-state index contributed by atoms with van der Waals surface area (Å²) in [7, 11) is 0. The summed E-state index contributed by atoms with van der Waals surface area (Å²) >= 11 is 1.45. The summed E-state index contributed by atoms with van der Waals surface area (Å²) in [5, 5.41) is 11.2. The summed E-state index contributed by atoms with van der Waals surface area (Å²) in [5.41, 5.74) is 5.45. The van der Waals surface area contributed by atoms with Gasteiger partial charge in [-0.3, -0.25) is 11.1 Å². The quantitative estimate of drug-likeness (QED) is 0.461. The molecule has 1 aliphatic heterocycles. The normalized spacial score (nSPS) is 37.0. The van der Waals surface area contributed by atoms with Crippen LogP contribution in [0.2, 0.25) is 0 Å². The second-order valence-electron chi connectivity index (χ2n) is 1.62. The summed E-state index contributed by atoms with van der Waals surface area (Å²) in [6.07, 6.45) is 0. The van der Waals surface area contributed by atoms with E-state index in [1.807, 2.05) is 6.07 Å². The molecular formula is C4H7N3S. The van der Waals surface area contributed by atoms with Crippen molar-refractivity contribution in [1.29, 1.82) is 5.26 Å². The SMILES string of the molecule is N#CC1(N)NCCS1. The van der Waals surface area contributed by atoms with Crippen LogP contribution in [-0.2, 0) is 0 Å². The summed E-state index contributed by atoms with van der Waals surface area (Å²) in [5.74, 6) is 0.935. The highest BCUT2D eigenvalue weighted by Gasteiger charge is 2.28. The molecule has 1 saturated heterocycles. The Hall–Kier alpha value is -0.240. The van der Waals surface area contributed by atoms with Crippen molar-refractivity contribution in [1.82, 2.24) is 5.32 Å². The molecule has 1 atom stereocenters. The van der Waals surface area contributed by atoms with E-state index in [1.165, 1.54) is 11.8 Å². The van der Waals surface area contributed by atoms with E-state index in [9.17, 15) is 0 Å². The molecule has 0 aromatic rings. The fourth-order valence-corrected chi connectivity index (χ4v) is 1.37. The highest BCUT2D eigenvalue weighted by molar-refractivity contribution is 8.01. The fourth-order valence-electron chi connectivity index (χ4n) is 0.572. The Balaban J connectivity index is 2.56. The summed E-state index contributed by atoms with van der Waals surface area (Å²) in [6.45, 7) is 0.842. The van der Waals surface area contributed by atoms with E-state index in [0.717, 1.165) is 12.3 Å². The van der Waals surface area contributed by atoms with Crippen LogP contribution in [0.25, 0.3) is 0 Å². The van der Waals surface area contributed by atoms with E-state index >= 15 is 0 Å². The molecule has 44 valence electrons. The van der Waals surface area contributed by atoms with Crippen molar-refractivity contribution in [2.24, 2.45) is 5.73 Å². The molecule has 0 radical (unpaired) electrons. The van der Waals surface area contributed by atoms with Crippen LogP contribution in [0.15, 0.2) is 0 Å². The number of rotatable bonds is 0. The van der Waals surface area contributed by atoms with E-state index in [4.69, 9.17) is 11.0 Å². The Morgan fingerprint density at radius 1 is 1.88 bits per heavy atom. The zero-order chi connectivity index (χ0) is 6.04. The number of nitrogens with one attached hydrogen (secondary N) is 1. The molecule has 1 rings (SSSR count). The second kappa shape index (κ2) is 1.94. The first kappa shape index (κ1) is 5.89. The Labute approximate surface area is 52.2 Å². The van der Waals surface area contributed by atoms with Crippen molar-refractivity contribution in [2.45, 2.75) is 4.99 Å². The molecule has 4 heteroatoms. The van der Waals surface area contributed by atoms with Crippen LogP contribution < -0.4 is 11.1 Å².